The summed E-state index contributed by atoms with van der Waals surface area (Å²) in [6.45, 7) is 13.1. The standard InChI is InChI=1S/C17H34N2/c1-5-18-17-10-7-14(13(3)4)11-15(17)12-19(6-2)16-8-9-16/h13-18H,5-12H2,1-4H3. The van der Waals surface area contributed by atoms with E-state index in [2.05, 4.69) is 37.9 Å². The van der Waals surface area contributed by atoms with Crippen LogP contribution in [-0.2, 0) is 0 Å². The van der Waals surface area contributed by atoms with Crippen molar-refractivity contribution in [2.24, 2.45) is 17.8 Å². The smallest absolute Gasteiger partial charge is 0.0108 e. The van der Waals surface area contributed by atoms with E-state index in [1.165, 1.54) is 45.2 Å². The molecule has 19 heavy (non-hydrogen) atoms. The van der Waals surface area contributed by atoms with Crippen molar-refractivity contribution in [3.8, 4) is 0 Å². The largest absolute Gasteiger partial charge is 0.314 e. The first-order valence-electron chi connectivity index (χ1n) is 8.63. The van der Waals surface area contributed by atoms with Gasteiger partial charge >= 0.3 is 0 Å². The van der Waals surface area contributed by atoms with Gasteiger partial charge in [0, 0.05) is 18.6 Å². The van der Waals surface area contributed by atoms with Gasteiger partial charge in [-0.25, -0.2) is 0 Å². The minimum absolute atomic E-state index is 0.771. The van der Waals surface area contributed by atoms with Crippen LogP contribution in [-0.4, -0.2) is 36.6 Å². The molecule has 2 rings (SSSR count). The second-order valence-corrected chi connectivity index (χ2v) is 7.06. The van der Waals surface area contributed by atoms with E-state index >= 15 is 0 Å². The third-order valence-electron chi connectivity index (χ3n) is 5.37. The summed E-state index contributed by atoms with van der Waals surface area (Å²) in [7, 11) is 0. The molecule has 2 aliphatic carbocycles. The molecule has 0 saturated heterocycles. The monoisotopic (exact) mass is 266 g/mol. The van der Waals surface area contributed by atoms with Gasteiger partial charge in [-0.1, -0.05) is 27.7 Å². The summed E-state index contributed by atoms with van der Waals surface area (Å²) in [6, 6.07) is 1.69. The van der Waals surface area contributed by atoms with Crippen molar-refractivity contribution in [1.82, 2.24) is 10.2 Å². The van der Waals surface area contributed by atoms with E-state index in [-0.39, 0.29) is 0 Å². The first kappa shape index (κ1) is 15.3. The fourth-order valence-electron chi connectivity index (χ4n) is 3.92. The van der Waals surface area contributed by atoms with Gasteiger partial charge in [-0.2, -0.15) is 0 Å². The summed E-state index contributed by atoms with van der Waals surface area (Å²) in [5.74, 6) is 2.69. The lowest BCUT2D eigenvalue weighted by atomic mass is 9.73. The Morgan fingerprint density at radius 1 is 1.11 bits per heavy atom. The average Bonchev–Trinajstić information content (AvgIpc) is 3.22. The Morgan fingerprint density at radius 2 is 1.84 bits per heavy atom. The molecular formula is C17H34N2. The van der Waals surface area contributed by atoms with Crippen LogP contribution in [0.3, 0.4) is 0 Å². The van der Waals surface area contributed by atoms with E-state index < -0.39 is 0 Å². The summed E-state index contributed by atoms with van der Waals surface area (Å²) in [5, 5.41) is 3.76. The number of hydrogen-bond donors (Lipinski definition) is 1. The molecule has 112 valence electrons. The third-order valence-corrected chi connectivity index (χ3v) is 5.37. The molecular weight excluding hydrogens is 232 g/mol. The molecule has 2 heteroatoms. The molecule has 0 aromatic rings. The first-order chi connectivity index (χ1) is 9.15. The van der Waals surface area contributed by atoms with Gasteiger partial charge in [0.15, 0.2) is 0 Å². The highest BCUT2D eigenvalue weighted by Crippen LogP contribution is 2.36. The SMILES string of the molecule is CCNC1CCC(C(C)C)CC1CN(CC)C1CC1. The molecule has 0 bridgehead atoms. The van der Waals surface area contributed by atoms with Crippen LogP contribution in [0.15, 0.2) is 0 Å². The minimum Gasteiger partial charge on any atom is -0.314 e. The Balaban J connectivity index is 1.93. The predicted molar refractivity (Wildman–Crippen MR) is 83.4 cm³/mol. The van der Waals surface area contributed by atoms with Crippen LogP contribution < -0.4 is 5.32 Å². The quantitative estimate of drug-likeness (QED) is 0.758. The molecule has 0 aromatic carbocycles. The molecule has 0 aromatic heterocycles. The Kier molecular flexibility index (Phi) is 5.70. The fourth-order valence-corrected chi connectivity index (χ4v) is 3.92. The second-order valence-electron chi connectivity index (χ2n) is 7.06. The van der Waals surface area contributed by atoms with Gasteiger partial charge < -0.3 is 10.2 Å². The number of nitrogens with one attached hydrogen (secondary N) is 1. The molecule has 0 amide bonds. The minimum atomic E-state index is 0.771. The van der Waals surface area contributed by atoms with Crippen LogP contribution >= 0.6 is 0 Å². The Morgan fingerprint density at radius 3 is 2.37 bits per heavy atom. The second kappa shape index (κ2) is 7.08. The molecule has 0 spiro atoms. The zero-order valence-electron chi connectivity index (χ0n) is 13.5. The maximum absolute atomic E-state index is 3.76. The number of hydrogen-bond acceptors (Lipinski definition) is 2. The summed E-state index contributed by atoms with van der Waals surface area (Å²) in [6.07, 6.45) is 7.16. The van der Waals surface area contributed by atoms with Crippen LogP contribution in [0, 0.1) is 17.8 Å². The van der Waals surface area contributed by atoms with Gasteiger partial charge in [0.1, 0.15) is 0 Å². The maximum atomic E-state index is 3.76. The van der Waals surface area contributed by atoms with Crippen LogP contribution in [0.25, 0.3) is 0 Å². The molecule has 1 N–H and O–H groups in total. The summed E-state index contributed by atoms with van der Waals surface area (Å²) < 4.78 is 0. The van der Waals surface area contributed by atoms with Crippen molar-refractivity contribution < 1.29 is 0 Å². The van der Waals surface area contributed by atoms with Gasteiger partial charge in [-0.05, 0) is 62.9 Å². The Labute approximate surface area is 120 Å². The molecule has 0 heterocycles. The van der Waals surface area contributed by atoms with Crippen molar-refractivity contribution in [2.45, 2.75) is 71.9 Å². The van der Waals surface area contributed by atoms with E-state index in [0.29, 0.717) is 0 Å². The van der Waals surface area contributed by atoms with Crippen molar-refractivity contribution in [3.05, 3.63) is 0 Å². The number of nitrogens with zero attached hydrogens (tertiary/aromatic N) is 1. The van der Waals surface area contributed by atoms with Gasteiger partial charge in [-0.15, -0.1) is 0 Å². The van der Waals surface area contributed by atoms with Gasteiger partial charge in [-0.3, -0.25) is 0 Å². The lowest BCUT2D eigenvalue weighted by Gasteiger charge is -2.40. The highest BCUT2D eigenvalue weighted by molar-refractivity contribution is 4.91. The van der Waals surface area contributed by atoms with Crippen LogP contribution in [0.2, 0.25) is 0 Å². The molecule has 2 nitrogen and oxygen atoms in total. The van der Waals surface area contributed by atoms with Crippen molar-refractivity contribution in [3.63, 3.8) is 0 Å². The molecule has 0 aliphatic heterocycles. The van der Waals surface area contributed by atoms with Gasteiger partial charge in [0.25, 0.3) is 0 Å². The maximum Gasteiger partial charge on any atom is 0.0108 e. The zero-order chi connectivity index (χ0) is 13.8. The topological polar surface area (TPSA) is 15.3 Å². The lowest BCUT2D eigenvalue weighted by molar-refractivity contribution is 0.121. The van der Waals surface area contributed by atoms with E-state index in [1.807, 2.05) is 0 Å². The van der Waals surface area contributed by atoms with Crippen LogP contribution in [0.5, 0.6) is 0 Å². The summed E-state index contributed by atoms with van der Waals surface area (Å²) in [5.41, 5.74) is 0. The van der Waals surface area contributed by atoms with Gasteiger partial charge in [0.05, 0.1) is 0 Å². The summed E-state index contributed by atoms with van der Waals surface area (Å²) in [4.78, 5) is 2.75. The molecule has 2 fully saturated rings. The molecule has 2 saturated carbocycles. The van der Waals surface area contributed by atoms with Crippen molar-refractivity contribution in [1.29, 1.82) is 0 Å². The lowest BCUT2D eigenvalue weighted by Crippen LogP contribution is -2.46. The molecule has 3 atom stereocenters. The van der Waals surface area contributed by atoms with E-state index in [0.717, 1.165) is 36.4 Å². The molecule has 0 radical (unpaired) electrons. The molecule has 3 unspecified atom stereocenters. The fraction of sp³-hybridized carbons (Fsp3) is 1.00. The highest BCUT2D eigenvalue weighted by atomic mass is 15.2. The van der Waals surface area contributed by atoms with Crippen molar-refractivity contribution in [2.75, 3.05) is 19.6 Å². The highest BCUT2D eigenvalue weighted by Gasteiger charge is 2.35. The average molecular weight is 266 g/mol. The van der Waals surface area contributed by atoms with Crippen LogP contribution in [0.4, 0.5) is 0 Å². The van der Waals surface area contributed by atoms with Crippen LogP contribution in [0.1, 0.15) is 59.8 Å². The van der Waals surface area contributed by atoms with Crippen molar-refractivity contribution >= 4 is 0 Å². The van der Waals surface area contributed by atoms with E-state index in [4.69, 9.17) is 0 Å². The normalized spacial score (nSPS) is 32.2. The third kappa shape index (κ3) is 4.19. The summed E-state index contributed by atoms with van der Waals surface area (Å²) >= 11 is 0. The first-order valence-corrected chi connectivity index (χ1v) is 8.63. The van der Waals surface area contributed by atoms with E-state index in [9.17, 15) is 0 Å². The number of rotatable bonds is 7. The zero-order valence-corrected chi connectivity index (χ0v) is 13.5. The Hall–Kier alpha value is -0.0800. The Bertz CT molecular complexity index is 260. The van der Waals surface area contributed by atoms with Gasteiger partial charge in [0.2, 0.25) is 0 Å². The molecule has 2 aliphatic rings. The van der Waals surface area contributed by atoms with E-state index in [1.54, 1.807) is 0 Å². The predicted octanol–water partition coefficient (Wildman–Crippen LogP) is 3.52.